The van der Waals surface area contributed by atoms with Gasteiger partial charge in [-0.25, -0.2) is 4.98 Å². The molecule has 3 rings (SSSR count). The number of fused-ring (bicyclic) bond motifs is 1. The van der Waals surface area contributed by atoms with Crippen molar-refractivity contribution in [1.29, 1.82) is 0 Å². The summed E-state index contributed by atoms with van der Waals surface area (Å²) in [5.74, 6) is 1.44. The predicted octanol–water partition coefficient (Wildman–Crippen LogP) is 2.30. The standard InChI is InChI=1S/C17H20N6O/c1-3-14-10-16(23-17(22-14)19-11-20-23)18-9-8-13-4-6-15(7-5-13)21-12(2)24/h4-7,10-11,18H,3,8-9H2,1-2H3,(H,21,24). The van der Waals surface area contributed by atoms with Crippen LogP contribution in [0.15, 0.2) is 36.7 Å². The van der Waals surface area contributed by atoms with Crippen molar-refractivity contribution in [1.82, 2.24) is 19.6 Å². The summed E-state index contributed by atoms with van der Waals surface area (Å²) >= 11 is 0. The minimum Gasteiger partial charge on any atom is -0.370 e. The van der Waals surface area contributed by atoms with Crippen LogP contribution in [0.1, 0.15) is 25.1 Å². The highest BCUT2D eigenvalue weighted by Crippen LogP contribution is 2.13. The van der Waals surface area contributed by atoms with Gasteiger partial charge in [0.2, 0.25) is 5.91 Å². The van der Waals surface area contributed by atoms with Gasteiger partial charge in [-0.3, -0.25) is 4.79 Å². The Hall–Kier alpha value is -2.96. The third-order valence-corrected chi connectivity index (χ3v) is 3.66. The molecule has 0 saturated carbocycles. The molecule has 7 heteroatoms. The minimum absolute atomic E-state index is 0.0642. The average molecular weight is 324 g/mol. The summed E-state index contributed by atoms with van der Waals surface area (Å²) in [6.07, 6.45) is 3.22. The van der Waals surface area contributed by atoms with E-state index in [0.717, 1.165) is 36.6 Å². The minimum atomic E-state index is -0.0642. The Morgan fingerprint density at radius 2 is 2.04 bits per heavy atom. The number of benzene rings is 1. The van der Waals surface area contributed by atoms with E-state index in [2.05, 4.69) is 32.6 Å². The Labute approximate surface area is 140 Å². The van der Waals surface area contributed by atoms with E-state index in [1.165, 1.54) is 18.8 Å². The third kappa shape index (κ3) is 3.68. The smallest absolute Gasteiger partial charge is 0.254 e. The number of nitrogens with one attached hydrogen (secondary N) is 2. The van der Waals surface area contributed by atoms with Crippen LogP contribution >= 0.6 is 0 Å². The first kappa shape index (κ1) is 15.9. The Bertz CT molecular complexity index is 840. The summed E-state index contributed by atoms with van der Waals surface area (Å²) < 4.78 is 1.71. The maximum atomic E-state index is 11.0. The Kier molecular flexibility index (Phi) is 4.69. The lowest BCUT2D eigenvalue weighted by Gasteiger charge is -2.10. The lowest BCUT2D eigenvalue weighted by atomic mass is 10.1. The van der Waals surface area contributed by atoms with Crippen molar-refractivity contribution in [2.24, 2.45) is 0 Å². The summed E-state index contributed by atoms with van der Waals surface area (Å²) in [5, 5.41) is 10.4. The third-order valence-electron chi connectivity index (χ3n) is 3.66. The molecule has 0 unspecified atom stereocenters. The molecule has 0 radical (unpaired) electrons. The molecule has 0 bridgehead atoms. The zero-order valence-corrected chi connectivity index (χ0v) is 13.8. The van der Waals surface area contributed by atoms with Crippen molar-refractivity contribution in [2.45, 2.75) is 26.7 Å². The second-order valence-corrected chi connectivity index (χ2v) is 5.51. The fraction of sp³-hybridized carbons (Fsp3) is 0.294. The Morgan fingerprint density at radius 3 is 2.75 bits per heavy atom. The number of amides is 1. The maximum Gasteiger partial charge on any atom is 0.254 e. The molecule has 0 fully saturated rings. The largest absolute Gasteiger partial charge is 0.370 e. The molecule has 2 aromatic heterocycles. The second-order valence-electron chi connectivity index (χ2n) is 5.51. The average Bonchev–Trinajstić information content (AvgIpc) is 3.04. The number of hydrogen-bond donors (Lipinski definition) is 2. The van der Waals surface area contributed by atoms with Crippen LogP contribution in [0.3, 0.4) is 0 Å². The van der Waals surface area contributed by atoms with Crippen molar-refractivity contribution in [3.63, 3.8) is 0 Å². The molecule has 7 nitrogen and oxygen atoms in total. The fourth-order valence-electron chi connectivity index (χ4n) is 2.46. The van der Waals surface area contributed by atoms with E-state index < -0.39 is 0 Å². The number of rotatable bonds is 6. The van der Waals surface area contributed by atoms with Gasteiger partial charge in [0.15, 0.2) is 0 Å². The molecule has 1 amide bonds. The topological polar surface area (TPSA) is 84.2 Å². The highest BCUT2D eigenvalue weighted by molar-refractivity contribution is 5.88. The number of carbonyl (C=O) groups excluding carboxylic acids is 1. The molecule has 2 N–H and O–H groups in total. The molecule has 3 aromatic rings. The Balaban J connectivity index is 1.64. The van der Waals surface area contributed by atoms with Crippen LogP contribution in [0.2, 0.25) is 0 Å². The first-order valence-electron chi connectivity index (χ1n) is 7.96. The molecule has 0 aliphatic heterocycles. The first-order valence-corrected chi connectivity index (χ1v) is 7.96. The first-order chi connectivity index (χ1) is 11.7. The molecule has 0 spiro atoms. The number of aryl methyl sites for hydroxylation is 1. The molecule has 0 aliphatic rings. The zero-order chi connectivity index (χ0) is 16.9. The van der Waals surface area contributed by atoms with Gasteiger partial charge in [-0.2, -0.15) is 14.6 Å². The quantitative estimate of drug-likeness (QED) is 0.727. The molecule has 2 heterocycles. The predicted molar refractivity (Wildman–Crippen MR) is 93.1 cm³/mol. The van der Waals surface area contributed by atoms with E-state index in [9.17, 15) is 4.79 Å². The van der Waals surface area contributed by atoms with Crippen molar-refractivity contribution in [3.8, 4) is 0 Å². The molecule has 1 aromatic carbocycles. The van der Waals surface area contributed by atoms with Gasteiger partial charge >= 0.3 is 0 Å². The van der Waals surface area contributed by atoms with Gasteiger partial charge in [0.25, 0.3) is 5.78 Å². The van der Waals surface area contributed by atoms with E-state index in [0.29, 0.717) is 5.78 Å². The molecule has 24 heavy (non-hydrogen) atoms. The summed E-state index contributed by atoms with van der Waals surface area (Å²) in [5.41, 5.74) is 2.99. The number of anilines is 2. The number of carbonyl (C=O) groups is 1. The van der Waals surface area contributed by atoms with Gasteiger partial charge in [-0.1, -0.05) is 19.1 Å². The van der Waals surface area contributed by atoms with Gasteiger partial charge in [-0.15, -0.1) is 0 Å². The summed E-state index contributed by atoms with van der Waals surface area (Å²) in [6, 6.07) is 9.85. The second kappa shape index (κ2) is 7.08. The van der Waals surface area contributed by atoms with Crippen molar-refractivity contribution in [2.75, 3.05) is 17.2 Å². The highest BCUT2D eigenvalue weighted by Gasteiger charge is 2.06. The lowest BCUT2D eigenvalue weighted by Crippen LogP contribution is -2.11. The highest BCUT2D eigenvalue weighted by atomic mass is 16.1. The molecule has 0 atom stereocenters. The summed E-state index contributed by atoms with van der Waals surface area (Å²) in [4.78, 5) is 19.6. The maximum absolute atomic E-state index is 11.0. The summed E-state index contributed by atoms with van der Waals surface area (Å²) in [7, 11) is 0. The number of nitrogens with zero attached hydrogens (tertiary/aromatic N) is 4. The lowest BCUT2D eigenvalue weighted by molar-refractivity contribution is -0.114. The SMILES string of the molecule is CCc1cc(NCCc2ccc(NC(C)=O)cc2)n2ncnc2n1. The van der Waals surface area contributed by atoms with Crippen LogP contribution in [-0.2, 0) is 17.6 Å². The molecule has 0 saturated heterocycles. The van der Waals surface area contributed by atoms with Crippen molar-refractivity contribution in [3.05, 3.63) is 47.9 Å². The Morgan fingerprint density at radius 1 is 1.25 bits per heavy atom. The molecular weight excluding hydrogens is 304 g/mol. The van der Waals surface area contributed by atoms with Gasteiger partial charge in [0.1, 0.15) is 12.1 Å². The molecule has 124 valence electrons. The van der Waals surface area contributed by atoms with E-state index in [4.69, 9.17) is 0 Å². The van der Waals surface area contributed by atoms with Crippen molar-refractivity contribution >= 4 is 23.2 Å². The van der Waals surface area contributed by atoms with E-state index >= 15 is 0 Å². The van der Waals surface area contributed by atoms with Crippen LogP contribution in [0.5, 0.6) is 0 Å². The van der Waals surface area contributed by atoms with Crippen LogP contribution in [0, 0.1) is 0 Å². The van der Waals surface area contributed by atoms with E-state index in [1.54, 1.807) is 4.52 Å². The van der Waals surface area contributed by atoms with Gasteiger partial charge < -0.3 is 10.6 Å². The van der Waals surface area contributed by atoms with Crippen molar-refractivity contribution < 1.29 is 4.79 Å². The number of aromatic nitrogens is 4. The van der Waals surface area contributed by atoms with Crippen LogP contribution in [0.4, 0.5) is 11.5 Å². The number of hydrogen-bond acceptors (Lipinski definition) is 5. The van der Waals surface area contributed by atoms with E-state index in [1.807, 2.05) is 30.3 Å². The van der Waals surface area contributed by atoms with Crippen LogP contribution in [0.25, 0.3) is 5.78 Å². The van der Waals surface area contributed by atoms with Crippen LogP contribution in [-0.4, -0.2) is 32.0 Å². The van der Waals surface area contributed by atoms with E-state index in [-0.39, 0.29) is 5.91 Å². The van der Waals surface area contributed by atoms with Gasteiger partial charge in [0, 0.05) is 30.9 Å². The van der Waals surface area contributed by atoms with Gasteiger partial charge in [-0.05, 0) is 30.5 Å². The normalized spacial score (nSPS) is 10.8. The molecular formula is C17H20N6O. The fourth-order valence-corrected chi connectivity index (χ4v) is 2.46. The molecule has 0 aliphatic carbocycles. The van der Waals surface area contributed by atoms with Crippen LogP contribution < -0.4 is 10.6 Å². The zero-order valence-electron chi connectivity index (χ0n) is 13.8. The monoisotopic (exact) mass is 324 g/mol. The summed E-state index contributed by atoms with van der Waals surface area (Å²) in [6.45, 7) is 4.33. The van der Waals surface area contributed by atoms with Gasteiger partial charge in [0.05, 0.1) is 0 Å².